The number of carbonyl (C=O) groups is 1. The smallest absolute Gasteiger partial charge is 0.260 e. The summed E-state index contributed by atoms with van der Waals surface area (Å²) in [6, 6.07) is 13.7. The number of rotatable bonds is 6. The molecule has 4 rings (SSSR count). The molecule has 1 aliphatic heterocycles. The molecule has 1 fully saturated rings. The Kier molecular flexibility index (Phi) is 7.07. The highest BCUT2D eigenvalue weighted by Gasteiger charge is 2.21. The van der Waals surface area contributed by atoms with Crippen LogP contribution in [0.3, 0.4) is 0 Å². The third-order valence-corrected chi connectivity index (χ3v) is 5.41. The number of nitrogens with zero attached hydrogens (tertiary/aromatic N) is 2. The number of amides is 1. The Morgan fingerprint density at radius 3 is 2.50 bits per heavy atom. The third-order valence-electron chi connectivity index (χ3n) is 5.41. The first kappa shape index (κ1) is 21.8. The van der Waals surface area contributed by atoms with Crippen LogP contribution in [0.2, 0.25) is 0 Å². The fourth-order valence-corrected chi connectivity index (χ4v) is 3.75. The number of nitrogens with one attached hydrogen (secondary N) is 1. The molecule has 0 spiro atoms. The lowest BCUT2D eigenvalue weighted by molar-refractivity contribution is -0.133. The quantitative estimate of drug-likeness (QED) is 0.522. The van der Waals surface area contributed by atoms with Gasteiger partial charge in [-0.15, -0.1) is 12.4 Å². The van der Waals surface area contributed by atoms with Crippen LogP contribution in [0.5, 0.6) is 5.75 Å². The van der Waals surface area contributed by atoms with Gasteiger partial charge in [-0.05, 0) is 61.0 Å². The molecule has 2 heterocycles. The Bertz CT molecular complexity index is 981. The SMILES string of the molecule is Cl.NCCc1c[nH]c2ccc(OCC(=O)N3CCN(c4ccc(N)cc4)CC3)cc12. The Balaban J connectivity index is 0.00000256. The standard InChI is InChI=1S/C22H27N5O2.ClH/c23-8-7-16-14-25-21-6-5-19(13-20(16)21)29-15-22(28)27-11-9-26(10-12-27)18-3-1-17(24)2-4-18;/h1-6,13-14,25H,7-12,15,23-24H2;1H. The summed E-state index contributed by atoms with van der Waals surface area (Å²) >= 11 is 0. The lowest BCUT2D eigenvalue weighted by Gasteiger charge is -2.36. The van der Waals surface area contributed by atoms with Gasteiger partial charge in [-0.25, -0.2) is 0 Å². The Labute approximate surface area is 182 Å². The minimum Gasteiger partial charge on any atom is -0.484 e. The van der Waals surface area contributed by atoms with Crippen LogP contribution >= 0.6 is 12.4 Å². The van der Waals surface area contributed by atoms with Crippen LogP contribution in [0.25, 0.3) is 10.9 Å². The molecule has 1 saturated heterocycles. The average molecular weight is 430 g/mol. The topological polar surface area (TPSA) is 101 Å². The first-order valence-corrected chi connectivity index (χ1v) is 9.95. The van der Waals surface area contributed by atoms with E-state index in [1.54, 1.807) is 0 Å². The number of aromatic amines is 1. The van der Waals surface area contributed by atoms with E-state index in [0.717, 1.165) is 47.4 Å². The summed E-state index contributed by atoms with van der Waals surface area (Å²) in [5.41, 5.74) is 15.5. The fourth-order valence-electron chi connectivity index (χ4n) is 3.75. The minimum atomic E-state index is 0. The molecule has 1 aliphatic rings. The van der Waals surface area contributed by atoms with Gasteiger partial charge >= 0.3 is 0 Å². The molecule has 0 saturated carbocycles. The monoisotopic (exact) mass is 429 g/mol. The predicted molar refractivity (Wildman–Crippen MR) is 123 cm³/mol. The van der Waals surface area contributed by atoms with Crippen LogP contribution in [-0.4, -0.2) is 55.1 Å². The van der Waals surface area contributed by atoms with Crippen LogP contribution in [0, 0.1) is 0 Å². The van der Waals surface area contributed by atoms with Crippen LogP contribution in [0.15, 0.2) is 48.7 Å². The van der Waals surface area contributed by atoms with Crippen molar-refractivity contribution in [1.82, 2.24) is 9.88 Å². The van der Waals surface area contributed by atoms with E-state index in [1.165, 1.54) is 0 Å². The Morgan fingerprint density at radius 2 is 1.80 bits per heavy atom. The van der Waals surface area contributed by atoms with Crippen LogP contribution in [0.4, 0.5) is 11.4 Å². The summed E-state index contributed by atoms with van der Waals surface area (Å²) in [6.45, 7) is 3.61. The maximum atomic E-state index is 12.6. The number of H-pyrrole nitrogens is 1. The van der Waals surface area contributed by atoms with Gasteiger partial charge in [-0.3, -0.25) is 4.79 Å². The van der Waals surface area contributed by atoms with E-state index >= 15 is 0 Å². The molecule has 1 aromatic heterocycles. The molecule has 0 atom stereocenters. The van der Waals surface area contributed by atoms with E-state index in [2.05, 4.69) is 9.88 Å². The number of piperazine rings is 1. The van der Waals surface area contributed by atoms with E-state index in [-0.39, 0.29) is 24.9 Å². The molecule has 7 nitrogen and oxygen atoms in total. The van der Waals surface area contributed by atoms with Crippen molar-refractivity contribution in [3.05, 3.63) is 54.2 Å². The summed E-state index contributed by atoms with van der Waals surface area (Å²) in [5, 5.41) is 1.09. The van der Waals surface area contributed by atoms with Gasteiger partial charge in [0.1, 0.15) is 5.75 Å². The number of anilines is 2. The number of aromatic nitrogens is 1. The van der Waals surface area contributed by atoms with Crippen molar-refractivity contribution in [2.24, 2.45) is 5.73 Å². The van der Waals surface area contributed by atoms with Gasteiger partial charge < -0.3 is 31.0 Å². The molecule has 8 heteroatoms. The zero-order chi connectivity index (χ0) is 20.2. The van der Waals surface area contributed by atoms with Gasteiger partial charge in [0.05, 0.1) is 0 Å². The summed E-state index contributed by atoms with van der Waals surface area (Å²) in [5.74, 6) is 0.711. The van der Waals surface area contributed by atoms with Crippen LogP contribution in [0.1, 0.15) is 5.56 Å². The Hall–Kier alpha value is -2.90. The van der Waals surface area contributed by atoms with E-state index in [1.807, 2.05) is 53.6 Å². The number of carbonyl (C=O) groups excluding carboxylic acids is 1. The van der Waals surface area contributed by atoms with Crippen molar-refractivity contribution >= 4 is 40.6 Å². The number of ether oxygens (including phenoxy) is 1. The second-order valence-corrected chi connectivity index (χ2v) is 7.31. The summed E-state index contributed by atoms with van der Waals surface area (Å²) in [4.78, 5) is 20.0. The molecule has 0 bridgehead atoms. The third kappa shape index (κ3) is 4.80. The van der Waals surface area contributed by atoms with Gasteiger partial charge in [-0.1, -0.05) is 0 Å². The number of benzene rings is 2. The predicted octanol–water partition coefficient (Wildman–Crippen LogP) is 2.40. The molecule has 3 aromatic rings. The highest BCUT2D eigenvalue weighted by atomic mass is 35.5. The van der Waals surface area contributed by atoms with Crippen molar-refractivity contribution in [2.75, 3.05) is 50.0 Å². The molecule has 160 valence electrons. The van der Waals surface area contributed by atoms with Crippen LogP contribution < -0.4 is 21.1 Å². The molecule has 30 heavy (non-hydrogen) atoms. The summed E-state index contributed by atoms with van der Waals surface area (Å²) in [7, 11) is 0. The van der Waals surface area contributed by atoms with E-state index in [0.29, 0.717) is 25.4 Å². The highest BCUT2D eigenvalue weighted by molar-refractivity contribution is 5.85. The number of nitrogen functional groups attached to an aromatic ring is 1. The van der Waals surface area contributed by atoms with E-state index < -0.39 is 0 Å². The van der Waals surface area contributed by atoms with Gasteiger partial charge in [0.2, 0.25) is 0 Å². The van der Waals surface area contributed by atoms with Crippen LogP contribution in [-0.2, 0) is 11.2 Å². The fraction of sp³-hybridized carbons (Fsp3) is 0.318. The first-order chi connectivity index (χ1) is 14.1. The number of nitrogens with two attached hydrogens (primary N) is 2. The second-order valence-electron chi connectivity index (χ2n) is 7.31. The normalized spacial score (nSPS) is 13.9. The van der Waals surface area contributed by atoms with Gasteiger partial charge in [0.25, 0.3) is 5.91 Å². The number of fused-ring (bicyclic) bond motifs is 1. The lowest BCUT2D eigenvalue weighted by Crippen LogP contribution is -2.50. The largest absolute Gasteiger partial charge is 0.484 e. The van der Waals surface area contributed by atoms with E-state index in [9.17, 15) is 4.79 Å². The van der Waals surface area contributed by atoms with Crippen molar-refractivity contribution < 1.29 is 9.53 Å². The lowest BCUT2D eigenvalue weighted by atomic mass is 10.1. The van der Waals surface area contributed by atoms with E-state index in [4.69, 9.17) is 16.2 Å². The zero-order valence-corrected chi connectivity index (χ0v) is 17.7. The molecule has 2 aromatic carbocycles. The van der Waals surface area contributed by atoms with Crippen molar-refractivity contribution in [3.63, 3.8) is 0 Å². The Morgan fingerprint density at radius 1 is 1.07 bits per heavy atom. The first-order valence-electron chi connectivity index (χ1n) is 9.95. The molecule has 0 radical (unpaired) electrons. The highest BCUT2D eigenvalue weighted by Crippen LogP contribution is 2.24. The summed E-state index contributed by atoms with van der Waals surface area (Å²) < 4.78 is 5.79. The van der Waals surface area contributed by atoms with Gasteiger partial charge in [0.15, 0.2) is 6.61 Å². The second kappa shape index (κ2) is 9.73. The molecular formula is C22H28ClN5O2. The van der Waals surface area contributed by atoms with Crippen molar-refractivity contribution in [1.29, 1.82) is 0 Å². The van der Waals surface area contributed by atoms with Crippen molar-refractivity contribution in [2.45, 2.75) is 6.42 Å². The zero-order valence-electron chi connectivity index (χ0n) is 16.8. The summed E-state index contributed by atoms with van der Waals surface area (Å²) in [6.07, 6.45) is 2.79. The van der Waals surface area contributed by atoms with Gasteiger partial charge in [-0.2, -0.15) is 0 Å². The minimum absolute atomic E-state index is 0. The molecule has 0 unspecified atom stereocenters. The maximum Gasteiger partial charge on any atom is 0.260 e. The molecule has 0 aliphatic carbocycles. The molecule has 1 amide bonds. The van der Waals surface area contributed by atoms with Crippen molar-refractivity contribution in [3.8, 4) is 5.75 Å². The van der Waals surface area contributed by atoms with Gasteiger partial charge in [0, 0.05) is 54.7 Å². The average Bonchev–Trinajstić information content (AvgIpc) is 3.15. The number of hydrogen-bond donors (Lipinski definition) is 3. The maximum absolute atomic E-state index is 12.6. The molecule has 5 N–H and O–H groups in total. The number of hydrogen-bond acceptors (Lipinski definition) is 5. The number of halogens is 1. The molecular weight excluding hydrogens is 402 g/mol.